The minimum Gasteiger partial charge on any atom is -0.489 e. The third-order valence-corrected chi connectivity index (χ3v) is 2.69. The second kappa shape index (κ2) is 3.97. The Balaban J connectivity index is 1.76. The van der Waals surface area contributed by atoms with Gasteiger partial charge in [0.25, 0.3) is 0 Å². The molecule has 0 amide bonds. The van der Waals surface area contributed by atoms with E-state index in [-0.39, 0.29) is 0 Å². The number of nitrogens with zero attached hydrogens (tertiary/aromatic N) is 2. The predicted molar refractivity (Wildman–Crippen MR) is 65.8 cm³/mol. The van der Waals surface area contributed by atoms with Crippen molar-refractivity contribution < 1.29 is 4.74 Å². The zero-order valence-corrected chi connectivity index (χ0v) is 9.55. The van der Waals surface area contributed by atoms with Gasteiger partial charge in [0.15, 0.2) is 0 Å². The van der Waals surface area contributed by atoms with Gasteiger partial charge in [0.05, 0.1) is 6.20 Å². The number of aromatic nitrogens is 3. The van der Waals surface area contributed by atoms with Gasteiger partial charge in [-0.2, -0.15) is 5.10 Å². The van der Waals surface area contributed by atoms with Crippen LogP contribution in [0.4, 0.5) is 0 Å². The third kappa shape index (κ3) is 2.01. The summed E-state index contributed by atoms with van der Waals surface area (Å²) in [6.45, 7) is 0.545. The van der Waals surface area contributed by atoms with Crippen LogP contribution in [0, 0.1) is 0 Å². The Labute approximate surface area is 98.8 Å². The van der Waals surface area contributed by atoms with Crippen LogP contribution in [0.1, 0.15) is 5.56 Å². The average molecular weight is 227 g/mol. The van der Waals surface area contributed by atoms with Crippen molar-refractivity contribution >= 4 is 10.9 Å². The van der Waals surface area contributed by atoms with Crippen molar-refractivity contribution in [2.75, 3.05) is 0 Å². The Morgan fingerprint density at radius 3 is 3.12 bits per heavy atom. The second-order valence-electron chi connectivity index (χ2n) is 4.04. The van der Waals surface area contributed by atoms with Crippen molar-refractivity contribution in [2.45, 2.75) is 6.61 Å². The minimum absolute atomic E-state index is 0.545. The Morgan fingerprint density at radius 1 is 1.35 bits per heavy atom. The number of aromatic amines is 1. The van der Waals surface area contributed by atoms with E-state index in [1.807, 2.05) is 49.9 Å². The standard InChI is InChI=1S/C13H13N3O/c1-16-8-10(7-15-16)9-17-12-2-3-13-11(6-12)4-5-14-13/h2-8,14H,9H2,1H3. The number of H-pyrrole nitrogens is 1. The zero-order chi connectivity index (χ0) is 11.7. The van der Waals surface area contributed by atoms with Crippen molar-refractivity contribution in [3.05, 3.63) is 48.4 Å². The van der Waals surface area contributed by atoms with Crippen LogP contribution in [0.3, 0.4) is 0 Å². The topological polar surface area (TPSA) is 42.8 Å². The van der Waals surface area contributed by atoms with Crippen molar-refractivity contribution in [3.8, 4) is 5.75 Å². The fraction of sp³-hybridized carbons (Fsp3) is 0.154. The number of ether oxygens (including phenoxy) is 1. The Bertz CT molecular complexity index is 639. The van der Waals surface area contributed by atoms with Crippen LogP contribution >= 0.6 is 0 Å². The van der Waals surface area contributed by atoms with E-state index in [2.05, 4.69) is 10.1 Å². The van der Waals surface area contributed by atoms with Gasteiger partial charge in [-0.15, -0.1) is 0 Å². The van der Waals surface area contributed by atoms with E-state index in [1.54, 1.807) is 4.68 Å². The zero-order valence-electron chi connectivity index (χ0n) is 9.55. The van der Waals surface area contributed by atoms with E-state index in [4.69, 9.17) is 4.74 Å². The second-order valence-corrected chi connectivity index (χ2v) is 4.04. The maximum Gasteiger partial charge on any atom is 0.120 e. The van der Waals surface area contributed by atoms with Gasteiger partial charge in [0, 0.05) is 35.9 Å². The molecule has 1 N–H and O–H groups in total. The first-order valence-corrected chi connectivity index (χ1v) is 5.49. The van der Waals surface area contributed by atoms with E-state index in [0.29, 0.717) is 6.61 Å². The summed E-state index contributed by atoms with van der Waals surface area (Å²) in [6, 6.07) is 8.05. The molecule has 0 spiro atoms. The molecule has 17 heavy (non-hydrogen) atoms. The molecule has 86 valence electrons. The molecule has 0 aliphatic carbocycles. The first kappa shape index (κ1) is 9.96. The number of hydrogen-bond acceptors (Lipinski definition) is 2. The van der Waals surface area contributed by atoms with Gasteiger partial charge >= 0.3 is 0 Å². The average Bonchev–Trinajstić information content (AvgIpc) is 2.94. The largest absolute Gasteiger partial charge is 0.489 e. The van der Waals surface area contributed by atoms with Crippen LogP contribution in [0.15, 0.2) is 42.9 Å². The minimum atomic E-state index is 0.545. The summed E-state index contributed by atoms with van der Waals surface area (Å²) in [6.07, 6.45) is 5.69. The number of fused-ring (bicyclic) bond motifs is 1. The summed E-state index contributed by atoms with van der Waals surface area (Å²) in [7, 11) is 1.90. The Morgan fingerprint density at radius 2 is 2.29 bits per heavy atom. The first-order chi connectivity index (χ1) is 8.31. The maximum atomic E-state index is 5.72. The quantitative estimate of drug-likeness (QED) is 0.747. The number of nitrogens with one attached hydrogen (secondary N) is 1. The molecule has 0 aliphatic rings. The van der Waals surface area contributed by atoms with E-state index in [0.717, 1.165) is 22.2 Å². The van der Waals surface area contributed by atoms with Gasteiger partial charge in [0.1, 0.15) is 12.4 Å². The lowest BCUT2D eigenvalue weighted by molar-refractivity contribution is 0.306. The van der Waals surface area contributed by atoms with E-state index in [1.165, 1.54) is 0 Å². The molecule has 0 aliphatic heterocycles. The molecule has 2 aromatic heterocycles. The lowest BCUT2D eigenvalue weighted by atomic mass is 10.2. The lowest BCUT2D eigenvalue weighted by Gasteiger charge is -2.04. The monoisotopic (exact) mass is 227 g/mol. The molecule has 2 heterocycles. The Kier molecular flexibility index (Phi) is 2.33. The van der Waals surface area contributed by atoms with Gasteiger partial charge < -0.3 is 9.72 Å². The molecule has 4 heteroatoms. The highest BCUT2D eigenvalue weighted by Crippen LogP contribution is 2.20. The van der Waals surface area contributed by atoms with E-state index >= 15 is 0 Å². The number of benzene rings is 1. The first-order valence-electron chi connectivity index (χ1n) is 5.49. The summed E-state index contributed by atoms with van der Waals surface area (Å²) in [5.41, 5.74) is 2.19. The van der Waals surface area contributed by atoms with E-state index in [9.17, 15) is 0 Å². The predicted octanol–water partition coefficient (Wildman–Crippen LogP) is 2.48. The van der Waals surface area contributed by atoms with Crippen LogP contribution in [0.2, 0.25) is 0 Å². The molecule has 0 saturated heterocycles. The molecular formula is C13H13N3O. The van der Waals surface area contributed by atoms with Gasteiger partial charge in [-0.3, -0.25) is 4.68 Å². The normalized spacial score (nSPS) is 10.9. The molecule has 4 nitrogen and oxygen atoms in total. The van der Waals surface area contributed by atoms with Crippen molar-refractivity contribution in [1.82, 2.24) is 14.8 Å². The summed E-state index contributed by atoms with van der Waals surface area (Å²) in [5.74, 6) is 0.876. The highest BCUT2D eigenvalue weighted by Gasteiger charge is 2.00. The molecular weight excluding hydrogens is 214 g/mol. The van der Waals surface area contributed by atoms with Gasteiger partial charge in [-0.25, -0.2) is 0 Å². The smallest absolute Gasteiger partial charge is 0.120 e. The SMILES string of the molecule is Cn1cc(COc2ccc3[nH]ccc3c2)cn1. The van der Waals surface area contributed by atoms with Crippen molar-refractivity contribution in [3.63, 3.8) is 0 Å². The van der Waals surface area contributed by atoms with Crippen LogP contribution in [-0.4, -0.2) is 14.8 Å². The van der Waals surface area contributed by atoms with Crippen molar-refractivity contribution in [1.29, 1.82) is 0 Å². The maximum absolute atomic E-state index is 5.72. The molecule has 3 aromatic rings. The summed E-state index contributed by atoms with van der Waals surface area (Å²) in [5, 5.41) is 5.26. The Hall–Kier alpha value is -2.23. The molecule has 3 rings (SSSR count). The fourth-order valence-corrected chi connectivity index (χ4v) is 1.83. The number of rotatable bonds is 3. The molecule has 1 aromatic carbocycles. The molecule has 0 bridgehead atoms. The van der Waals surface area contributed by atoms with Gasteiger partial charge in [-0.1, -0.05) is 0 Å². The van der Waals surface area contributed by atoms with Crippen LogP contribution in [-0.2, 0) is 13.7 Å². The van der Waals surface area contributed by atoms with Crippen LogP contribution in [0.25, 0.3) is 10.9 Å². The molecule has 0 fully saturated rings. The summed E-state index contributed by atoms with van der Waals surface area (Å²) < 4.78 is 7.49. The molecule has 0 saturated carbocycles. The fourth-order valence-electron chi connectivity index (χ4n) is 1.83. The highest BCUT2D eigenvalue weighted by atomic mass is 16.5. The molecule has 0 atom stereocenters. The molecule has 0 radical (unpaired) electrons. The summed E-state index contributed by atoms with van der Waals surface area (Å²) >= 11 is 0. The van der Waals surface area contributed by atoms with Crippen molar-refractivity contribution in [2.24, 2.45) is 7.05 Å². The lowest BCUT2D eigenvalue weighted by Crippen LogP contribution is -1.93. The number of hydrogen-bond donors (Lipinski definition) is 1. The van der Waals surface area contributed by atoms with Crippen LogP contribution < -0.4 is 4.74 Å². The highest BCUT2D eigenvalue weighted by molar-refractivity contribution is 5.80. The van der Waals surface area contributed by atoms with Gasteiger partial charge in [-0.05, 0) is 24.3 Å². The van der Waals surface area contributed by atoms with Crippen LogP contribution in [0.5, 0.6) is 5.75 Å². The van der Waals surface area contributed by atoms with Gasteiger partial charge in [0.2, 0.25) is 0 Å². The third-order valence-electron chi connectivity index (χ3n) is 2.69. The number of aryl methyl sites for hydroxylation is 1. The summed E-state index contributed by atoms with van der Waals surface area (Å²) in [4.78, 5) is 3.15. The molecule has 0 unspecified atom stereocenters. The van der Waals surface area contributed by atoms with E-state index < -0.39 is 0 Å².